The lowest BCUT2D eigenvalue weighted by atomic mass is 9.62. The topological polar surface area (TPSA) is 17.1 Å². The summed E-state index contributed by atoms with van der Waals surface area (Å²) in [6.07, 6.45) is 2.82. The third-order valence-corrected chi connectivity index (χ3v) is 5.36. The van der Waals surface area contributed by atoms with Crippen molar-refractivity contribution < 1.29 is 4.79 Å². The highest BCUT2D eigenvalue weighted by atomic mass is 16.1. The minimum atomic E-state index is -0.409. The van der Waals surface area contributed by atoms with E-state index >= 15 is 0 Å². The zero-order valence-electron chi connectivity index (χ0n) is 15.3. The van der Waals surface area contributed by atoms with Gasteiger partial charge in [0, 0.05) is 11.8 Å². The molecular weight excluding hydrogens is 292 g/mol. The number of hydrogen-bond acceptors (Lipinski definition) is 1. The van der Waals surface area contributed by atoms with Crippen molar-refractivity contribution in [1.29, 1.82) is 0 Å². The molecule has 0 bridgehead atoms. The second-order valence-corrected chi connectivity index (χ2v) is 8.11. The molecule has 0 spiro atoms. The molecular formula is C23H26O. The molecule has 0 radical (unpaired) electrons. The predicted molar refractivity (Wildman–Crippen MR) is 102 cm³/mol. The van der Waals surface area contributed by atoms with E-state index in [0.29, 0.717) is 12.2 Å². The van der Waals surface area contributed by atoms with Crippen LogP contribution in [0.5, 0.6) is 0 Å². The third-order valence-electron chi connectivity index (χ3n) is 5.36. The summed E-state index contributed by atoms with van der Waals surface area (Å²) in [4.78, 5) is 12.7. The van der Waals surface area contributed by atoms with E-state index in [-0.39, 0.29) is 5.41 Å². The number of rotatable bonds is 2. The molecule has 1 heteroatoms. The maximum atomic E-state index is 12.7. The number of Topliss-reactive ketones (excluding diaryl/α,β-unsaturated/α-hetero) is 1. The quantitative estimate of drug-likeness (QED) is 0.642. The van der Waals surface area contributed by atoms with Crippen LogP contribution in [-0.2, 0) is 15.6 Å². The second kappa shape index (κ2) is 5.73. The largest absolute Gasteiger partial charge is 0.299 e. The third kappa shape index (κ3) is 2.84. The van der Waals surface area contributed by atoms with Crippen LogP contribution >= 0.6 is 0 Å². The van der Waals surface area contributed by atoms with Crippen molar-refractivity contribution >= 4 is 17.4 Å². The van der Waals surface area contributed by atoms with E-state index in [9.17, 15) is 4.79 Å². The highest BCUT2D eigenvalue weighted by Gasteiger charge is 2.43. The van der Waals surface area contributed by atoms with Gasteiger partial charge >= 0.3 is 0 Å². The Kier molecular flexibility index (Phi) is 3.99. The molecule has 1 aliphatic carbocycles. The van der Waals surface area contributed by atoms with Gasteiger partial charge in [-0.15, -0.1) is 0 Å². The fraction of sp³-hybridized carbons (Fsp3) is 0.348. The van der Waals surface area contributed by atoms with Gasteiger partial charge < -0.3 is 0 Å². The van der Waals surface area contributed by atoms with Gasteiger partial charge in [0.15, 0.2) is 0 Å². The molecule has 1 nitrogen and oxygen atoms in total. The Morgan fingerprint density at radius 2 is 1.62 bits per heavy atom. The first-order chi connectivity index (χ1) is 11.2. The number of carbonyl (C=O) groups excluding carboxylic acids is 1. The van der Waals surface area contributed by atoms with Crippen LogP contribution in [0.3, 0.4) is 0 Å². The maximum Gasteiger partial charge on any atom is 0.143 e. The van der Waals surface area contributed by atoms with Crippen molar-refractivity contribution in [3.05, 3.63) is 70.8 Å². The van der Waals surface area contributed by atoms with Gasteiger partial charge in [-0.1, -0.05) is 68.5 Å². The van der Waals surface area contributed by atoms with E-state index in [2.05, 4.69) is 83.2 Å². The van der Waals surface area contributed by atoms with Crippen LogP contribution in [0, 0.1) is 0 Å². The average Bonchev–Trinajstić information content (AvgIpc) is 2.53. The average molecular weight is 318 g/mol. The molecule has 24 heavy (non-hydrogen) atoms. The monoisotopic (exact) mass is 318 g/mol. The molecule has 0 aliphatic heterocycles. The summed E-state index contributed by atoms with van der Waals surface area (Å²) in [6, 6.07) is 17.0. The molecule has 3 rings (SSSR count). The molecule has 1 aliphatic rings. The summed E-state index contributed by atoms with van der Waals surface area (Å²) < 4.78 is 0. The molecule has 0 heterocycles. The number of hydrogen-bond donors (Lipinski definition) is 0. The van der Waals surface area contributed by atoms with Crippen molar-refractivity contribution in [3.8, 4) is 0 Å². The summed E-state index contributed by atoms with van der Waals surface area (Å²) in [5.74, 6) is 0.335. The fourth-order valence-corrected chi connectivity index (χ4v) is 3.65. The van der Waals surface area contributed by atoms with Crippen LogP contribution < -0.4 is 0 Å². The Morgan fingerprint density at radius 3 is 2.29 bits per heavy atom. The Morgan fingerprint density at radius 1 is 0.958 bits per heavy atom. The molecule has 0 amide bonds. The van der Waals surface area contributed by atoms with Crippen molar-refractivity contribution in [2.45, 2.75) is 51.9 Å². The lowest BCUT2D eigenvalue weighted by Crippen LogP contribution is -2.42. The molecule has 2 aromatic rings. The molecule has 2 aromatic carbocycles. The van der Waals surface area contributed by atoms with E-state index in [4.69, 9.17) is 0 Å². The van der Waals surface area contributed by atoms with Gasteiger partial charge in [0.1, 0.15) is 5.78 Å². The van der Waals surface area contributed by atoms with E-state index < -0.39 is 5.41 Å². The molecule has 124 valence electrons. The highest BCUT2D eigenvalue weighted by molar-refractivity contribution is 5.93. The van der Waals surface area contributed by atoms with Crippen LogP contribution in [-0.4, -0.2) is 5.78 Å². The summed E-state index contributed by atoms with van der Waals surface area (Å²) in [7, 11) is 0. The van der Waals surface area contributed by atoms with Gasteiger partial charge in [0.05, 0.1) is 0 Å². The Balaban J connectivity index is 2.10. The number of fused-ring (bicyclic) bond motifs is 1. The van der Waals surface area contributed by atoms with Crippen molar-refractivity contribution in [3.63, 3.8) is 0 Å². The Bertz CT molecular complexity index is 807. The van der Waals surface area contributed by atoms with E-state index in [1.165, 1.54) is 27.8 Å². The van der Waals surface area contributed by atoms with Gasteiger partial charge in [0.2, 0.25) is 0 Å². The predicted octanol–water partition coefficient (Wildman–Crippen LogP) is 5.78. The van der Waals surface area contributed by atoms with Crippen molar-refractivity contribution in [2.75, 3.05) is 0 Å². The van der Waals surface area contributed by atoms with Crippen LogP contribution in [0.25, 0.3) is 11.6 Å². The summed E-state index contributed by atoms with van der Waals surface area (Å²) in [5, 5.41) is 0. The van der Waals surface area contributed by atoms with Crippen LogP contribution in [0.1, 0.15) is 63.3 Å². The lowest BCUT2D eigenvalue weighted by molar-refractivity contribution is -0.125. The maximum absolute atomic E-state index is 12.7. The minimum absolute atomic E-state index is 0.0858. The van der Waals surface area contributed by atoms with Crippen LogP contribution in [0.15, 0.2) is 48.5 Å². The highest BCUT2D eigenvalue weighted by Crippen LogP contribution is 2.44. The molecule has 0 atom stereocenters. The zero-order valence-corrected chi connectivity index (χ0v) is 15.3. The molecule has 0 unspecified atom stereocenters. The van der Waals surface area contributed by atoms with Gasteiger partial charge in [0.25, 0.3) is 0 Å². The van der Waals surface area contributed by atoms with Gasteiger partial charge in [-0.25, -0.2) is 0 Å². The summed E-state index contributed by atoms with van der Waals surface area (Å²) in [5.41, 5.74) is 5.60. The second-order valence-electron chi connectivity index (χ2n) is 8.11. The number of carbonyl (C=O) groups is 1. The van der Waals surface area contributed by atoms with Gasteiger partial charge in [-0.2, -0.15) is 0 Å². The minimum Gasteiger partial charge on any atom is -0.299 e. The smallest absolute Gasteiger partial charge is 0.143 e. The Hall–Kier alpha value is -2.15. The first kappa shape index (κ1) is 16.7. The normalized spacial score (nSPS) is 19.0. The zero-order chi connectivity index (χ0) is 17.5. The molecule has 0 aromatic heterocycles. The number of allylic oxidation sites excluding steroid dienone is 1. The van der Waals surface area contributed by atoms with Crippen molar-refractivity contribution in [2.24, 2.45) is 0 Å². The number of benzene rings is 2. The number of ketones is 1. The molecule has 0 N–H and O–H groups in total. The SMILES string of the molecule is CC(=Cc1ccccc1)c1ccc2c(c1)C(C)(C)C(=O)CC2(C)C. The molecule has 0 fully saturated rings. The standard InChI is InChI=1S/C23H26O/c1-16(13-17-9-7-6-8-10-17)18-11-12-19-20(14-18)23(4,5)21(24)15-22(19,2)3/h6-14H,15H2,1-5H3. The Labute approximate surface area is 145 Å². The first-order valence-electron chi connectivity index (χ1n) is 8.64. The van der Waals surface area contributed by atoms with Crippen molar-refractivity contribution in [1.82, 2.24) is 0 Å². The van der Waals surface area contributed by atoms with Gasteiger partial charge in [-0.05, 0) is 54.0 Å². The van der Waals surface area contributed by atoms with Crippen LogP contribution in [0.2, 0.25) is 0 Å². The van der Waals surface area contributed by atoms with E-state index in [1.54, 1.807) is 0 Å². The van der Waals surface area contributed by atoms with Gasteiger partial charge in [-0.3, -0.25) is 4.79 Å². The molecule has 0 saturated heterocycles. The summed E-state index contributed by atoms with van der Waals surface area (Å²) >= 11 is 0. The van der Waals surface area contributed by atoms with E-state index in [0.717, 1.165) is 0 Å². The summed E-state index contributed by atoms with van der Waals surface area (Å²) in [6.45, 7) is 10.6. The first-order valence-corrected chi connectivity index (χ1v) is 8.64. The molecule has 0 saturated carbocycles. The van der Waals surface area contributed by atoms with Crippen LogP contribution in [0.4, 0.5) is 0 Å². The van der Waals surface area contributed by atoms with E-state index in [1.807, 2.05) is 6.07 Å². The fourth-order valence-electron chi connectivity index (χ4n) is 3.65. The lowest BCUT2D eigenvalue weighted by Gasteiger charge is -2.40.